The number of methoxy groups -OCH3 is 1. The highest BCUT2D eigenvalue weighted by atomic mass is 32.2. The van der Waals surface area contributed by atoms with E-state index in [1.165, 1.54) is 12.8 Å². The zero-order chi connectivity index (χ0) is 22.9. The second-order valence-corrected chi connectivity index (χ2v) is 10.1. The van der Waals surface area contributed by atoms with Crippen LogP contribution in [-0.2, 0) is 9.59 Å². The molecule has 3 rings (SSSR count). The highest BCUT2D eigenvalue weighted by Gasteiger charge is 2.39. The van der Waals surface area contributed by atoms with Crippen LogP contribution in [0.25, 0.3) is 6.08 Å². The third kappa shape index (κ3) is 7.01. The molecular formula is C25H37N3O3S. The van der Waals surface area contributed by atoms with Crippen molar-refractivity contribution >= 4 is 29.7 Å². The first-order valence-corrected chi connectivity index (χ1v) is 12.7. The third-order valence-corrected chi connectivity index (χ3v) is 7.72. The van der Waals surface area contributed by atoms with Crippen LogP contribution in [0.5, 0.6) is 5.75 Å². The maximum Gasteiger partial charge on any atom is 0.257 e. The number of hydrogen-bond acceptors (Lipinski definition) is 5. The van der Waals surface area contributed by atoms with Gasteiger partial charge >= 0.3 is 0 Å². The molecule has 1 aromatic rings. The Morgan fingerprint density at radius 2 is 2.00 bits per heavy atom. The smallest absolute Gasteiger partial charge is 0.257 e. The largest absolute Gasteiger partial charge is 0.497 e. The molecule has 1 aliphatic heterocycles. The van der Waals surface area contributed by atoms with Crippen LogP contribution in [-0.4, -0.2) is 61.8 Å². The first-order chi connectivity index (χ1) is 15.5. The van der Waals surface area contributed by atoms with Gasteiger partial charge in [0.2, 0.25) is 5.91 Å². The van der Waals surface area contributed by atoms with Gasteiger partial charge in [-0.25, -0.2) is 0 Å². The van der Waals surface area contributed by atoms with Crippen LogP contribution in [0.3, 0.4) is 0 Å². The van der Waals surface area contributed by atoms with Gasteiger partial charge in [-0.05, 0) is 76.0 Å². The van der Waals surface area contributed by atoms with Crippen molar-refractivity contribution in [3.05, 3.63) is 34.7 Å². The lowest BCUT2D eigenvalue weighted by molar-refractivity contribution is -0.127. The van der Waals surface area contributed by atoms with Crippen molar-refractivity contribution in [1.29, 1.82) is 0 Å². The minimum absolute atomic E-state index is 0.0120. The molecular weight excluding hydrogens is 422 g/mol. The number of carbonyl (C=O) groups is 2. The van der Waals surface area contributed by atoms with Crippen molar-refractivity contribution in [3.8, 4) is 5.75 Å². The van der Waals surface area contributed by atoms with Crippen LogP contribution in [0, 0.1) is 5.92 Å². The summed E-state index contributed by atoms with van der Waals surface area (Å²) in [6.07, 6.45) is 7.87. The Morgan fingerprint density at radius 1 is 1.25 bits per heavy atom. The molecule has 0 spiro atoms. The monoisotopic (exact) mass is 459 g/mol. The quantitative estimate of drug-likeness (QED) is 0.413. The lowest BCUT2D eigenvalue weighted by atomic mass is 9.84. The van der Waals surface area contributed by atoms with Crippen LogP contribution in [0.15, 0.2) is 29.2 Å². The summed E-state index contributed by atoms with van der Waals surface area (Å²) in [5.74, 6) is 0.886. The minimum atomic E-state index is -0.0387. The van der Waals surface area contributed by atoms with Gasteiger partial charge in [-0.2, -0.15) is 0 Å². The van der Waals surface area contributed by atoms with E-state index in [-0.39, 0.29) is 23.8 Å². The van der Waals surface area contributed by atoms with E-state index in [0.717, 1.165) is 61.5 Å². The van der Waals surface area contributed by atoms with Crippen molar-refractivity contribution in [2.45, 2.75) is 56.7 Å². The molecule has 1 saturated heterocycles. The number of nitrogens with zero attached hydrogens (tertiary/aromatic N) is 1. The van der Waals surface area contributed by atoms with Crippen LogP contribution < -0.4 is 15.4 Å². The normalized spacial score (nSPS) is 24.2. The summed E-state index contributed by atoms with van der Waals surface area (Å²) in [4.78, 5) is 28.4. The van der Waals surface area contributed by atoms with Gasteiger partial charge in [0.25, 0.3) is 5.91 Å². The molecule has 3 atom stereocenters. The number of nitrogens with one attached hydrogen (secondary N) is 2. The Kier molecular flexibility index (Phi) is 9.48. The van der Waals surface area contributed by atoms with Gasteiger partial charge < -0.3 is 20.3 Å². The van der Waals surface area contributed by atoms with E-state index < -0.39 is 0 Å². The Morgan fingerprint density at radius 3 is 2.72 bits per heavy atom. The van der Waals surface area contributed by atoms with Gasteiger partial charge in [0, 0.05) is 23.8 Å². The second-order valence-electron chi connectivity index (χ2n) is 8.83. The number of thioether (sulfide) groups is 1. The summed E-state index contributed by atoms with van der Waals surface area (Å²) < 4.78 is 5.20. The Labute approximate surface area is 196 Å². The summed E-state index contributed by atoms with van der Waals surface area (Å²) in [7, 11) is 3.78. The number of hydrogen-bond donors (Lipinski definition) is 2. The van der Waals surface area contributed by atoms with Gasteiger partial charge in [0.15, 0.2) is 0 Å². The van der Waals surface area contributed by atoms with Crippen LogP contribution >= 0.6 is 11.8 Å². The van der Waals surface area contributed by atoms with E-state index in [0.29, 0.717) is 5.25 Å². The molecule has 32 heavy (non-hydrogen) atoms. The van der Waals surface area contributed by atoms with E-state index in [1.807, 2.05) is 30.3 Å². The predicted octanol–water partition coefficient (Wildman–Crippen LogP) is 3.67. The molecule has 0 bridgehead atoms. The van der Waals surface area contributed by atoms with E-state index in [4.69, 9.17) is 4.74 Å². The maximum atomic E-state index is 12.7. The SMILES string of the molecule is CCCCN(C)CCCNC(=O)C1CCC2S/C(=C/c3ccc(OC)cc3)C(=O)NC2C1. The van der Waals surface area contributed by atoms with Gasteiger partial charge in [-0.1, -0.05) is 25.5 Å². The molecule has 2 amide bonds. The number of fused-ring (bicyclic) bond motifs is 1. The van der Waals surface area contributed by atoms with Crippen LogP contribution in [0.2, 0.25) is 0 Å². The first-order valence-electron chi connectivity index (χ1n) is 11.8. The molecule has 1 aromatic carbocycles. The highest BCUT2D eigenvalue weighted by molar-refractivity contribution is 8.04. The fourth-order valence-corrected chi connectivity index (χ4v) is 5.62. The lowest BCUT2D eigenvalue weighted by Crippen LogP contribution is -2.51. The number of benzene rings is 1. The zero-order valence-electron chi connectivity index (χ0n) is 19.6. The lowest BCUT2D eigenvalue weighted by Gasteiger charge is -2.39. The number of amides is 2. The predicted molar refractivity (Wildman–Crippen MR) is 132 cm³/mol. The third-order valence-electron chi connectivity index (χ3n) is 6.30. The van der Waals surface area contributed by atoms with Crippen molar-refractivity contribution < 1.29 is 14.3 Å². The number of carbonyl (C=O) groups excluding carboxylic acids is 2. The van der Waals surface area contributed by atoms with Crippen LogP contribution in [0.1, 0.15) is 51.0 Å². The molecule has 1 saturated carbocycles. The van der Waals surface area contributed by atoms with Crippen LogP contribution in [0.4, 0.5) is 0 Å². The summed E-state index contributed by atoms with van der Waals surface area (Å²) in [5.41, 5.74) is 0.982. The van der Waals surface area contributed by atoms with E-state index in [9.17, 15) is 9.59 Å². The van der Waals surface area contributed by atoms with Gasteiger partial charge in [0.1, 0.15) is 5.75 Å². The average molecular weight is 460 g/mol. The standard InChI is InChI=1S/C25H37N3O3S/c1-4-5-14-28(2)15-6-13-26-24(29)19-9-12-22-21(17-19)27-25(30)23(32-22)16-18-7-10-20(31-3)11-8-18/h7-8,10-11,16,19,21-22H,4-6,9,12-15,17H2,1-3H3,(H,26,29)(H,27,30)/b23-16+. The molecule has 2 fully saturated rings. The topological polar surface area (TPSA) is 70.7 Å². The number of rotatable bonds is 10. The van der Waals surface area contributed by atoms with E-state index >= 15 is 0 Å². The highest BCUT2D eigenvalue weighted by Crippen LogP contribution is 2.40. The van der Waals surface area contributed by atoms with Crippen molar-refractivity contribution in [1.82, 2.24) is 15.5 Å². The molecule has 1 heterocycles. The number of ether oxygens (including phenoxy) is 1. The molecule has 176 valence electrons. The zero-order valence-corrected chi connectivity index (χ0v) is 20.4. The van der Waals surface area contributed by atoms with Gasteiger partial charge in [-0.15, -0.1) is 11.8 Å². The molecule has 3 unspecified atom stereocenters. The average Bonchev–Trinajstić information content (AvgIpc) is 2.81. The Bertz CT molecular complexity index is 796. The fourth-order valence-electron chi connectivity index (χ4n) is 4.33. The van der Waals surface area contributed by atoms with Gasteiger partial charge in [-0.3, -0.25) is 9.59 Å². The molecule has 1 aliphatic carbocycles. The minimum Gasteiger partial charge on any atom is -0.497 e. The van der Waals surface area contributed by atoms with Crippen molar-refractivity contribution in [2.24, 2.45) is 5.92 Å². The molecule has 2 N–H and O–H groups in total. The molecule has 0 radical (unpaired) electrons. The summed E-state index contributed by atoms with van der Waals surface area (Å²) >= 11 is 1.65. The summed E-state index contributed by atoms with van der Waals surface area (Å²) in [5, 5.41) is 6.60. The summed E-state index contributed by atoms with van der Waals surface area (Å²) in [6.45, 7) is 5.04. The molecule has 2 aliphatic rings. The first kappa shape index (κ1) is 24.6. The van der Waals surface area contributed by atoms with E-state index in [2.05, 4.69) is 29.5 Å². The molecule has 6 nitrogen and oxygen atoms in total. The second kappa shape index (κ2) is 12.3. The molecule has 0 aromatic heterocycles. The Hall–Kier alpha value is -1.99. The fraction of sp³-hybridized carbons (Fsp3) is 0.600. The van der Waals surface area contributed by atoms with E-state index in [1.54, 1.807) is 18.9 Å². The summed E-state index contributed by atoms with van der Waals surface area (Å²) in [6, 6.07) is 7.76. The molecule has 7 heteroatoms. The maximum absolute atomic E-state index is 12.7. The van der Waals surface area contributed by atoms with Gasteiger partial charge in [0.05, 0.1) is 12.0 Å². The number of unbranched alkanes of at least 4 members (excludes halogenated alkanes) is 1. The van der Waals surface area contributed by atoms with Crippen molar-refractivity contribution in [2.75, 3.05) is 33.8 Å². The van der Waals surface area contributed by atoms with Crippen molar-refractivity contribution in [3.63, 3.8) is 0 Å². The Balaban J connectivity index is 1.45.